The third-order valence-corrected chi connectivity index (χ3v) is 5.09. The van der Waals surface area contributed by atoms with Crippen molar-refractivity contribution in [3.63, 3.8) is 0 Å². The summed E-state index contributed by atoms with van der Waals surface area (Å²) < 4.78 is 65.2. The standard InChI is InChI=1S/C19H13F3N2O4S/c1-10-23-24-18(27-10)12-3-5-15-13(7-12)14(9-26-15)11-4-6-17(29(2)25)16(8-11)28-19(20,21)22/h3-9H,1-2H3. The molecule has 0 N–H and O–H groups in total. The molecular formula is C19H13F3N2O4S. The SMILES string of the molecule is Cc1nnc(-c2ccc3occ(-c4ccc(S(C)=O)c(OC(F)(F)F)c4)c3c2)o1. The van der Waals surface area contributed by atoms with Crippen molar-refractivity contribution < 1.29 is 31.0 Å². The van der Waals surface area contributed by atoms with E-state index in [1.807, 2.05) is 0 Å². The lowest BCUT2D eigenvalue weighted by atomic mass is 10.0. The Balaban J connectivity index is 1.83. The molecule has 4 rings (SSSR count). The lowest BCUT2D eigenvalue weighted by molar-refractivity contribution is -0.275. The van der Waals surface area contributed by atoms with Gasteiger partial charge in [0, 0.05) is 29.7 Å². The second-order valence-corrected chi connectivity index (χ2v) is 7.50. The van der Waals surface area contributed by atoms with Gasteiger partial charge in [-0.3, -0.25) is 4.21 Å². The van der Waals surface area contributed by atoms with E-state index in [4.69, 9.17) is 8.83 Å². The van der Waals surface area contributed by atoms with Crippen LogP contribution in [0.4, 0.5) is 13.2 Å². The number of hydrogen-bond donors (Lipinski definition) is 0. The van der Waals surface area contributed by atoms with Crippen LogP contribution < -0.4 is 4.74 Å². The highest BCUT2D eigenvalue weighted by molar-refractivity contribution is 7.84. The van der Waals surface area contributed by atoms with Crippen molar-refractivity contribution in [2.75, 3.05) is 6.26 Å². The first-order valence-electron chi connectivity index (χ1n) is 8.26. The first kappa shape index (κ1) is 19.2. The fraction of sp³-hybridized carbons (Fsp3) is 0.158. The molecule has 0 fully saturated rings. The van der Waals surface area contributed by atoms with Gasteiger partial charge in [0.05, 0.1) is 22.0 Å². The van der Waals surface area contributed by atoms with Crippen LogP contribution in [0, 0.1) is 6.92 Å². The van der Waals surface area contributed by atoms with Crippen molar-refractivity contribution in [2.24, 2.45) is 0 Å². The fourth-order valence-electron chi connectivity index (χ4n) is 2.92. The Hall–Kier alpha value is -3.14. The van der Waals surface area contributed by atoms with E-state index in [2.05, 4.69) is 14.9 Å². The molecule has 1 unspecified atom stereocenters. The van der Waals surface area contributed by atoms with Crippen LogP contribution in [-0.4, -0.2) is 27.0 Å². The number of hydrogen-bond acceptors (Lipinski definition) is 6. The van der Waals surface area contributed by atoms with Crippen molar-refractivity contribution >= 4 is 21.8 Å². The normalized spacial score (nSPS) is 13.0. The predicted octanol–water partition coefficient (Wildman–Crippen LogP) is 5.09. The van der Waals surface area contributed by atoms with Crippen LogP contribution in [0.15, 0.2) is 56.4 Å². The van der Waals surface area contributed by atoms with Crippen molar-refractivity contribution in [3.8, 4) is 28.3 Å². The second-order valence-electron chi connectivity index (χ2n) is 6.15. The van der Waals surface area contributed by atoms with E-state index in [0.717, 1.165) is 0 Å². The van der Waals surface area contributed by atoms with E-state index in [1.54, 1.807) is 31.2 Å². The van der Waals surface area contributed by atoms with Gasteiger partial charge in [0.2, 0.25) is 11.8 Å². The highest BCUT2D eigenvalue weighted by atomic mass is 32.2. The van der Waals surface area contributed by atoms with Gasteiger partial charge in [0.15, 0.2) is 0 Å². The van der Waals surface area contributed by atoms with Crippen LogP contribution in [0.5, 0.6) is 5.75 Å². The quantitative estimate of drug-likeness (QED) is 0.456. The van der Waals surface area contributed by atoms with Crippen LogP contribution >= 0.6 is 0 Å². The maximum atomic E-state index is 12.8. The second kappa shape index (κ2) is 7.03. The molecule has 0 bridgehead atoms. The lowest BCUT2D eigenvalue weighted by Crippen LogP contribution is -2.18. The minimum atomic E-state index is -4.91. The van der Waals surface area contributed by atoms with Gasteiger partial charge in [-0.15, -0.1) is 23.4 Å². The summed E-state index contributed by atoms with van der Waals surface area (Å²) in [5, 5.41) is 8.40. The number of aromatic nitrogens is 2. The topological polar surface area (TPSA) is 78.4 Å². The van der Waals surface area contributed by atoms with Crippen molar-refractivity contribution in [2.45, 2.75) is 18.2 Å². The highest BCUT2D eigenvalue weighted by Crippen LogP contribution is 2.37. The summed E-state index contributed by atoms with van der Waals surface area (Å²) in [5.41, 5.74) is 2.12. The van der Waals surface area contributed by atoms with Gasteiger partial charge >= 0.3 is 6.36 Å². The van der Waals surface area contributed by atoms with Gasteiger partial charge in [0.1, 0.15) is 11.3 Å². The monoisotopic (exact) mass is 422 g/mol. The summed E-state index contributed by atoms with van der Waals surface area (Å²) in [6.07, 6.45) is -2.19. The molecule has 0 amide bonds. The molecule has 1 atom stereocenters. The number of benzene rings is 2. The maximum Gasteiger partial charge on any atom is 0.573 e. The summed E-state index contributed by atoms with van der Waals surface area (Å²) in [4.78, 5) is -0.0547. The first-order chi connectivity index (χ1) is 13.7. The molecule has 0 saturated carbocycles. The van der Waals surface area contributed by atoms with Crippen LogP contribution in [0.3, 0.4) is 0 Å². The zero-order chi connectivity index (χ0) is 20.8. The van der Waals surface area contributed by atoms with E-state index in [9.17, 15) is 17.4 Å². The summed E-state index contributed by atoms with van der Waals surface area (Å²) in [6.45, 7) is 1.67. The number of alkyl halides is 3. The molecule has 2 aromatic carbocycles. The molecule has 6 nitrogen and oxygen atoms in total. The fourth-order valence-corrected chi connectivity index (χ4v) is 3.56. The first-order valence-corrected chi connectivity index (χ1v) is 9.82. The van der Waals surface area contributed by atoms with Gasteiger partial charge in [0.25, 0.3) is 0 Å². The van der Waals surface area contributed by atoms with E-state index in [-0.39, 0.29) is 4.90 Å². The molecule has 29 heavy (non-hydrogen) atoms. The van der Waals surface area contributed by atoms with E-state index in [0.29, 0.717) is 39.4 Å². The maximum absolute atomic E-state index is 12.8. The number of halogens is 3. The van der Waals surface area contributed by atoms with Crippen molar-refractivity contribution in [3.05, 3.63) is 48.6 Å². The minimum Gasteiger partial charge on any atom is -0.464 e. The Bertz CT molecular complexity index is 1230. The third kappa shape index (κ3) is 3.88. The molecule has 2 heterocycles. The molecule has 150 valence electrons. The highest BCUT2D eigenvalue weighted by Gasteiger charge is 2.33. The molecule has 0 radical (unpaired) electrons. The number of fused-ring (bicyclic) bond motifs is 1. The Morgan fingerprint density at radius 1 is 1.07 bits per heavy atom. The lowest BCUT2D eigenvalue weighted by Gasteiger charge is -2.13. The number of aryl methyl sites for hydroxylation is 1. The van der Waals surface area contributed by atoms with Crippen molar-refractivity contribution in [1.82, 2.24) is 10.2 Å². The average molecular weight is 422 g/mol. The minimum absolute atomic E-state index is 0.0547. The van der Waals surface area contributed by atoms with Gasteiger partial charge in [-0.2, -0.15) is 0 Å². The Morgan fingerprint density at radius 2 is 1.83 bits per heavy atom. The van der Waals surface area contributed by atoms with E-state index >= 15 is 0 Å². The molecule has 0 aliphatic heterocycles. The number of furan rings is 1. The number of nitrogens with zero attached hydrogens (tertiary/aromatic N) is 2. The molecule has 0 aliphatic rings. The van der Waals surface area contributed by atoms with E-state index in [1.165, 1.54) is 24.7 Å². The Kier molecular flexibility index (Phi) is 4.65. The zero-order valence-corrected chi connectivity index (χ0v) is 15.9. The zero-order valence-electron chi connectivity index (χ0n) is 15.1. The largest absolute Gasteiger partial charge is 0.573 e. The predicted molar refractivity (Wildman–Crippen MR) is 98.7 cm³/mol. The summed E-state index contributed by atoms with van der Waals surface area (Å²) >= 11 is 0. The third-order valence-electron chi connectivity index (χ3n) is 4.14. The number of ether oxygens (including phenoxy) is 1. The average Bonchev–Trinajstić information content (AvgIpc) is 3.25. The smallest absolute Gasteiger partial charge is 0.464 e. The number of rotatable bonds is 4. The van der Waals surface area contributed by atoms with Gasteiger partial charge in [-0.05, 0) is 35.9 Å². The molecule has 0 saturated heterocycles. The van der Waals surface area contributed by atoms with Gasteiger partial charge in [-0.25, -0.2) is 0 Å². The Morgan fingerprint density at radius 3 is 2.48 bits per heavy atom. The molecule has 2 aromatic heterocycles. The van der Waals surface area contributed by atoms with Crippen LogP contribution in [0.2, 0.25) is 0 Å². The Labute approximate surface area is 164 Å². The van der Waals surface area contributed by atoms with E-state index < -0.39 is 22.9 Å². The van der Waals surface area contributed by atoms with Crippen LogP contribution in [0.1, 0.15) is 5.89 Å². The van der Waals surface area contributed by atoms with Gasteiger partial charge < -0.3 is 13.6 Å². The molecular weight excluding hydrogens is 409 g/mol. The molecule has 4 aromatic rings. The molecule has 10 heteroatoms. The molecule has 0 spiro atoms. The summed E-state index contributed by atoms with van der Waals surface area (Å²) in [7, 11) is -1.66. The van der Waals surface area contributed by atoms with Crippen molar-refractivity contribution in [1.29, 1.82) is 0 Å². The van der Waals surface area contributed by atoms with Gasteiger partial charge in [-0.1, -0.05) is 6.07 Å². The molecule has 0 aliphatic carbocycles. The van der Waals surface area contributed by atoms with Crippen LogP contribution in [0.25, 0.3) is 33.6 Å². The van der Waals surface area contributed by atoms with Crippen LogP contribution in [-0.2, 0) is 10.8 Å². The summed E-state index contributed by atoms with van der Waals surface area (Å²) in [6, 6.07) is 9.29. The summed E-state index contributed by atoms with van der Waals surface area (Å²) in [5.74, 6) is 0.202.